The first-order chi connectivity index (χ1) is 13.2. The van der Waals surface area contributed by atoms with Crippen molar-refractivity contribution in [2.24, 2.45) is 0 Å². The van der Waals surface area contributed by atoms with Crippen LogP contribution in [0.15, 0.2) is 24.3 Å². The molecule has 2 aromatic rings. The fourth-order valence-corrected chi connectivity index (χ4v) is 2.67. The summed E-state index contributed by atoms with van der Waals surface area (Å²) in [5.74, 6) is 0.835. The average Bonchev–Trinajstić information content (AvgIpc) is 2.88. The summed E-state index contributed by atoms with van der Waals surface area (Å²) in [6.07, 6.45) is 0.637. The molecule has 1 saturated heterocycles. The van der Waals surface area contributed by atoms with Crippen LogP contribution in [0, 0.1) is 11.3 Å². The molecule has 28 heavy (non-hydrogen) atoms. The molecule has 0 spiro atoms. The maximum Gasteiger partial charge on any atom is 0.497 e. The SMILES string of the molecule is CNc1nc(Oc2ccc(B3OC(C)(C)C(C)(C)O3)c(C=O)n2)ccc1C#N. The summed E-state index contributed by atoms with van der Waals surface area (Å²) in [7, 11) is 0.963. The van der Waals surface area contributed by atoms with Crippen molar-refractivity contribution < 1.29 is 18.8 Å². The third-order valence-corrected chi connectivity index (χ3v) is 4.99. The summed E-state index contributed by atoms with van der Waals surface area (Å²) < 4.78 is 17.6. The van der Waals surface area contributed by atoms with E-state index in [1.165, 1.54) is 0 Å². The van der Waals surface area contributed by atoms with Crippen LogP contribution < -0.4 is 15.5 Å². The number of carbonyl (C=O) groups is 1. The monoisotopic (exact) mass is 380 g/mol. The Kier molecular flexibility index (Phi) is 5.11. The van der Waals surface area contributed by atoms with Crippen LogP contribution in [-0.2, 0) is 9.31 Å². The molecule has 2 aromatic heterocycles. The lowest BCUT2D eigenvalue weighted by atomic mass is 9.78. The smallest absolute Gasteiger partial charge is 0.421 e. The topological polar surface area (TPSA) is 106 Å². The highest BCUT2D eigenvalue weighted by Crippen LogP contribution is 2.36. The van der Waals surface area contributed by atoms with Crippen LogP contribution in [0.5, 0.6) is 11.8 Å². The largest absolute Gasteiger partial charge is 0.497 e. The minimum atomic E-state index is -0.698. The minimum absolute atomic E-state index is 0.165. The maximum absolute atomic E-state index is 11.6. The van der Waals surface area contributed by atoms with Gasteiger partial charge in [-0.25, -0.2) is 4.98 Å². The molecule has 3 rings (SSSR count). The number of carbonyl (C=O) groups excluding carboxylic acids is 1. The second kappa shape index (κ2) is 7.22. The summed E-state index contributed by atoms with van der Waals surface area (Å²) in [6.45, 7) is 7.76. The van der Waals surface area contributed by atoms with Crippen LogP contribution in [0.25, 0.3) is 0 Å². The Morgan fingerprint density at radius 2 is 1.71 bits per heavy atom. The van der Waals surface area contributed by atoms with Crippen LogP contribution in [0.1, 0.15) is 43.7 Å². The van der Waals surface area contributed by atoms with E-state index in [-0.39, 0.29) is 17.5 Å². The first-order valence-corrected chi connectivity index (χ1v) is 8.79. The summed E-state index contributed by atoms with van der Waals surface area (Å²) in [6, 6.07) is 8.50. The number of nitrogens with zero attached hydrogens (tertiary/aromatic N) is 3. The van der Waals surface area contributed by atoms with Crippen LogP contribution in [0.2, 0.25) is 0 Å². The Morgan fingerprint density at radius 1 is 1.11 bits per heavy atom. The Hall–Kier alpha value is -2.96. The summed E-state index contributed by atoms with van der Waals surface area (Å²) in [4.78, 5) is 20.1. The van der Waals surface area contributed by atoms with E-state index in [9.17, 15) is 4.79 Å². The first-order valence-electron chi connectivity index (χ1n) is 8.79. The van der Waals surface area contributed by atoms with Gasteiger partial charge < -0.3 is 19.4 Å². The molecular weight excluding hydrogens is 359 g/mol. The molecule has 0 amide bonds. The van der Waals surface area contributed by atoms with Crippen LogP contribution in [-0.4, -0.2) is 41.6 Å². The maximum atomic E-state index is 11.6. The van der Waals surface area contributed by atoms with Crippen molar-refractivity contribution in [2.45, 2.75) is 38.9 Å². The number of hydrogen-bond donors (Lipinski definition) is 1. The molecule has 0 atom stereocenters. The van der Waals surface area contributed by atoms with Crippen LogP contribution in [0.4, 0.5) is 5.82 Å². The number of ether oxygens (including phenoxy) is 1. The molecule has 0 aliphatic carbocycles. The first kappa shape index (κ1) is 19.8. The third kappa shape index (κ3) is 3.57. The predicted octanol–water partition coefficient (Wildman–Crippen LogP) is 2.29. The highest BCUT2D eigenvalue weighted by Gasteiger charge is 2.52. The normalized spacial score (nSPS) is 17.1. The lowest BCUT2D eigenvalue weighted by molar-refractivity contribution is 0.00578. The molecular formula is C19H21BN4O4. The lowest BCUT2D eigenvalue weighted by Crippen LogP contribution is -2.41. The van der Waals surface area contributed by atoms with Gasteiger partial charge in [0.15, 0.2) is 6.29 Å². The second-order valence-electron chi connectivity index (χ2n) is 7.34. The number of anilines is 1. The fraction of sp³-hybridized carbons (Fsp3) is 0.368. The van der Waals surface area contributed by atoms with Gasteiger partial charge >= 0.3 is 7.12 Å². The molecule has 0 saturated carbocycles. The molecule has 1 aliphatic rings. The molecule has 0 unspecified atom stereocenters. The zero-order valence-corrected chi connectivity index (χ0v) is 16.4. The van der Waals surface area contributed by atoms with E-state index >= 15 is 0 Å². The van der Waals surface area contributed by atoms with E-state index in [0.29, 0.717) is 23.1 Å². The van der Waals surface area contributed by atoms with E-state index in [4.69, 9.17) is 19.3 Å². The lowest BCUT2D eigenvalue weighted by Gasteiger charge is -2.32. The van der Waals surface area contributed by atoms with Crippen LogP contribution in [0.3, 0.4) is 0 Å². The number of hydrogen-bond acceptors (Lipinski definition) is 8. The van der Waals surface area contributed by atoms with Crippen molar-refractivity contribution in [1.82, 2.24) is 9.97 Å². The van der Waals surface area contributed by atoms with E-state index in [1.807, 2.05) is 33.8 Å². The zero-order valence-electron chi connectivity index (χ0n) is 16.4. The Bertz CT molecular complexity index is 939. The molecule has 3 heterocycles. The van der Waals surface area contributed by atoms with Gasteiger partial charge in [0.25, 0.3) is 0 Å². The molecule has 0 aromatic carbocycles. The Labute approximate surface area is 164 Å². The van der Waals surface area contributed by atoms with E-state index in [2.05, 4.69) is 15.3 Å². The van der Waals surface area contributed by atoms with Crippen molar-refractivity contribution in [3.05, 3.63) is 35.5 Å². The van der Waals surface area contributed by atoms with Gasteiger partial charge in [0, 0.05) is 24.6 Å². The average molecular weight is 380 g/mol. The molecule has 1 aliphatic heterocycles. The number of nitrogens with one attached hydrogen (secondary N) is 1. The third-order valence-electron chi connectivity index (χ3n) is 4.99. The Balaban J connectivity index is 1.87. The van der Waals surface area contributed by atoms with Crippen molar-refractivity contribution in [3.63, 3.8) is 0 Å². The molecule has 0 radical (unpaired) electrons. The van der Waals surface area contributed by atoms with E-state index < -0.39 is 18.3 Å². The summed E-state index contributed by atoms with van der Waals surface area (Å²) in [5, 5.41) is 11.9. The second-order valence-corrected chi connectivity index (χ2v) is 7.34. The number of aldehydes is 1. The Morgan fingerprint density at radius 3 is 2.29 bits per heavy atom. The van der Waals surface area contributed by atoms with Crippen molar-refractivity contribution >= 4 is 24.7 Å². The van der Waals surface area contributed by atoms with Crippen molar-refractivity contribution in [3.8, 4) is 17.8 Å². The number of pyridine rings is 2. The highest BCUT2D eigenvalue weighted by molar-refractivity contribution is 6.63. The van der Waals surface area contributed by atoms with Gasteiger partial charge in [-0.05, 0) is 33.8 Å². The van der Waals surface area contributed by atoms with Crippen LogP contribution >= 0.6 is 0 Å². The molecule has 1 fully saturated rings. The number of rotatable bonds is 5. The zero-order chi connectivity index (χ0) is 20.5. The predicted molar refractivity (Wildman–Crippen MR) is 104 cm³/mol. The number of nitriles is 1. The molecule has 8 nitrogen and oxygen atoms in total. The van der Waals surface area contributed by atoms with E-state index in [1.54, 1.807) is 31.3 Å². The van der Waals surface area contributed by atoms with Crippen molar-refractivity contribution in [1.29, 1.82) is 5.26 Å². The van der Waals surface area contributed by atoms with Gasteiger partial charge in [0.05, 0.1) is 16.8 Å². The number of aromatic nitrogens is 2. The molecule has 144 valence electrons. The fourth-order valence-electron chi connectivity index (χ4n) is 2.67. The summed E-state index contributed by atoms with van der Waals surface area (Å²) >= 11 is 0. The molecule has 1 N–H and O–H groups in total. The van der Waals surface area contributed by atoms with Crippen molar-refractivity contribution in [2.75, 3.05) is 12.4 Å². The van der Waals surface area contributed by atoms with Gasteiger partial charge in [-0.3, -0.25) is 4.79 Å². The van der Waals surface area contributed by atoms with Gasteiger partial charge in [0.2, 0.25) is 11.8 Å². The quantitative estimate of drug-likeness (QED) is 0.622. The van der Waals surface area contributed by atoms with Gasteiger partial charge in [-0.2, -0.15) is 10.2 Å². The summed E-state index contributed by atoms with van der Waals surface area (Å²) in [5.41, 5.74) is 0.0435. The van der Waals surface area contributed by atoms with Gasteiger partial charge in [0.1, 0.15) is 17.6 Å². The van der Waals surface area contributed by atoms with E-state index in [0.717, 1.165) is 0 Å². The minimum Gasteiger partial charge on any atom is -0.421 e. The molecule has 9 heteroatoms. The standard InChI is InChI=1S/C19H21BN4O4/c1-18(2)19(3,4)28-20(27-18)13-7-9-15(23-14(13)11-25)26-16-8-6-12(10-21)17(22-5)24-16/h6-9,11H,1-5H3,(H,22,24). The van der Waals surface area contributed by atoms with Gasteiger partial charge in [-0.15, -0.1) is 0 Å². The molecule has 0 bridgehead atoms. The highest BCUT2D eigenvalue weighted by atomic mass is 16.7. The van der Waals surface area contributed by atoms with Gasteiger partial charge in [-0.1, -0.05) is 6.07 Å².